The van der Waals surface area contributed by atoms with Crippen molar-refractivity contribution >= 4 is 17.5 Å². The first-order valence-corrected chi connectivity index (χ1v) is 10.3. The Morgan fingerprint density at radius 2 is 2.04 bits per heavy atom. The van der Waals surface area contributed by atoms with Gasteiger partial charge in [0.1, 0.15) is 5.69 Å². The lowest BCUT2D eigenvalue weighted by Crippen LogP contribution is -2.51. The maximum Gasteiger partial charge on any atom is 0.269 e. The molecule has 1 amide bonds. The molecular formula is C21H27ClN4O. The molecule has 2 saturated heterocycles. The van der Waals surface area contributed by atoms with E-state index >= 15 is 0 Å². The molecule has 1 aromatic heterocycles. The molecular weight excluding hydrogens is 360 g/mol. The van der Waals surface area contributed by atoms with Crippen LogP contribution in [-0.2, 0) is 7.05 Å². The second kappa shape index (κ2) is 8.03. The van der Waals surface area contributed by atoms with Crippen molar-refractivity contribution in [3.05, 3.63) is 41.0 Å². The van der Waals surface area contributed by atoms with Crippen molar-refractivity contribution in [1.29, 1.82) is 0 Å². The van der Waals surface area contributed by atoms with Gasteiger partial charge < -0.3 is 10.2 Å². The minimum absolute atomic E-state index is 0.0590. The van der Waals surface area contributed by atoms with Gasteiger partial charge in [0, 0.05) is 25.2 Å². The SMILES string of the molecule is Cn1nc(-c2ccccc2Cl)cc1C(=O)NC[C@@H]1CCCN2CCCC[C@H]12. The van der Waals surface area contributed by atoms with Crippen molar-refractivity contribution in [3.63, 3.8) is 0 Å². The van der Waals surface area contributed by atoms with E-state index in [0.717, 1.165) is 17.8 Å². The normalized spacial score (nSPS) is 23.0. The molecule has 1 aromatic carbocycles. The van der Waals surface area contributed by atoms with Crippen LogP contribution < -0.4 is 5.32 Å². The van der Waals surface area contributed by atoms with E-state index < -0.39 is 0 Å². The summed E-state index contributed by atoms with van der Waals surface area (Å²) >= 11 is 6.27. The van der Waals surface area contributed by atoms with Crippen molar-refractivity contribution in [3.8, 4) is 11.3 Å². The Morgan fingerprint density at radius 1 is 1.22 bits per heavy atom. The summed E-state index contributed by atoms with van der Waals surface area (Å²) in [7, 11) is 1.80. The molecule has 4 rings (SSSR count). The number of nitrogens with zero attached hydrogens (tertiary/aromatic N) is 3. The van der Waals surface area contributed by atoms with Gasteiger partial charge in [0.05, 0.1) is 10.7 Å². The Hall–Kier alpha value is -1.85. The molecule has 2 atom stereocenters. The average molecular weight is 387 g/mol. The van der Waals surface area contributed by atoms with Crippen LogP contribution in [0.15, 0.2) is 30.3 Å². The summed E-state index contributed by atoms with van der Waals surface area (Å²) in [5, 5.41) is 8.29. The first-order valence-electron chi connectivity index (χ1n) is 9.94. The zero-order valence-electron chi connectivity index (χ0n) is 15.8. The highest BCUT2D eigenvalue weighted by Crippen LogP contribution is 2.30. The third-order valence-corrected chi connectivity index (χ3v) is 6.35. The molecule has 0 unspecified atom stereocenters. The number of rotatable bonds is 4. The summed E-state index contributed by atoms with van der Waals surface area (Å²) in [5.74, 6) is 0.496. The monoisotopic (exact) mass is 386 g/mol. The van der Waals surface area contributed by atoms with Crippen LogP contribution >= 0.6 is 11.6 Å². The zero-order valence-corrected chi connectivity index (χ0v) is 16.6. The molecule has 2 aromatic rings. The lowest BCUT2D eigenvalue weighted by Gasteiger charge is -2.44. The van der Waals surface area contributed by atoms with E-state index in [1.165, 1.54) is 45.2 Å². The molecule has 27 heavy (non-hydrogen) atoms. The molecule has 2 fully saturated rings. The van der Waals surface area contributed by atoms with E-state index in [1.807, 2.05) is 30.3 Å². The Balaban J connectivity index is 1.43. The van der Waals surface area contributed by atoms with Crippen LogP contribution in [0.5, 0.6) is 0 Å². The second-order valence-electron chi connectivity index (χ2n) is 7.73. The number of hydrogen-bond donors (Lipinski definition) is 1. The Labute approximate surface area is 165 Å². The van der Waals surface area contributed by atoms with Crippen LogP contribution in [0.2, 0.25) is 5.02 Å². The van der Waals surface area contributed by atoms with E-state index in [0.29, 0.717) is 22.7 Å². The first kappa shape index (κ1) is 18.5. The fourth-order valence-corrected chi connectivity index (χ4v) is 4.84. The fourth-order valence-electron chi connectivity index (χ4n) is 4.61. The number of carbonyl (C=O) groups is 1. The molecule has 2 aliphatic heterocycles. The number of carbonyl (C=O) groups excluding carboxylic acids is 1. The molecule has 144 valence electrons. The number of piperidine rings is 2. The lowest BCUT2D eigenvalue weighted by molar-refractivity contribution is 0.0574. The maximum absolute atomic E-state index is 12.8. The van der Waals surface area contributed by atoms with Crippen LogP contribution in [0.25, 0.3) is 11.3 Å². The molecule has 1 N–H and O–H groups in total. The highest BCUT2D eigenvalue weighted by atomic mass is 35.5. The molecule has 0 aliphatic carbocycles. The van der Waals surface area contributed by atoms with Crippen molar-refractivity contribution in [1.82, 2.24) is 20.0 Å². The van der Waals surface area contributed by atoms with Crippen LogP contribution in [0.4, 0.5) is 0 Å². The van der Waals surface area contributed by atoms with Gasteiger partial charge in [-0.15, -0.1) is 0 Å². The van der Waals surface area contributed by atoms with Gasteiger partial charge in [-0.05, 0) is 56.8 Å². The number of hydrogen-bond acceptors (Lipinski definition) is 3. The number of aromatic nitrogens is 2. The van der Waals surface area contributed by atoms with Crippen LogP contribution in [-0.4, -0.2) is 46.3 Å². The predicted octanol–water partition coefficient (Wildman–Crippen LogP) is 3.73. The molecule has 3 heterocycles. The minimum atomic E-state index is -0.0590. The molecule has 0 radical (unpaired) electrons. The molecule has 5 nitrogen and oxygen atoms in total. The van der Waals surface area contributed by atoms with Gasteiger partial charge in [-0.25, -0.2) is 0 Å². The van der Waals surface area contributed by atoms with Crippen LogP contribution in [0.1, 0.15) is 42.6 Å². The fraction of sp³-hybridized carbons (Fsp3) is 0.524. The number of nitrogens with one attached hydrogen (secondary N) is 1. The number of halogens is 1. The van der Waals surface area contributed by atoms with Gasteiger partial charge in [0.2, 0.25) is 0 Å². The van der Waals surface area contributed by atoms with E-state index in [4.69, 9.17) is 11.6 Å². The zero-order chi connectivity index (χ0) is 18.8. The van der Waals surface area contributed by atoms with E-state index in [1.54, 1.807) is 11.7 Å². The Morgan fingerprint density at radius 3 is 2.89 bits per heavy atom. The highest BCUT2D eigenvalue weighted by Gasteiger charge is 2.33. The quantitative estimate of drug-likeness (QED) is 0.870. The van der Waals surface area contributed by atoms with Gasteiger partial charge >= 0.3 is 0 Å². The van der Waals surface area contributed by atoms with Crippen LogP contribution in [0.3, 0.4) is 0 Å². The van der Waals surface area contributed by atoms with Crippen molar-refractivity contribution in [2.24, 2.45) is 13.0 Å². The summed E-state index contributed by atoms with van der Waals surface area (Å²) in [6, 6.07) is 10.0. The molecule has 6 heteroatoms. The van der Waals surface area contributed by atoms with E-state index in [-0.39, 0.29) is 5.91 Å². The second-order valence-corrected chi connectivity index (χ2v) is 8.14. The molecule has 0 bridgehead atoms. The summed E-state index contributed by atoms with van der Waals surface area (Å²) < 4.78 is 1.64. The molecule has 0 spiro atoms. The smallest absolute Gasteiger partial charge is 0.269 e. The third kappa shape index (κ3) is 3.90. The van der Waals surface area contributed by atoms with Gasteiger partial charge in [-0.1, -0.05) is 36.2 Å². The summed E-state index contributed by atoms with van der Waals surface area (Å²) in [4.78, 5) is 15.4. The number of benzene rings is 1. The predicted molar refractivity (Wildman–Crippen MR) is 108 cm³/mol. The van der Waals surface area contributed by atoms with E-state index in [9.17, 15) is 4.79 Å². The summed E-state index contributed by atoms with van der Waals surface area (Å²) in [6.07, 6.45) is 6.34. The van der Waals surface area contributed by atoms with Gasteiger partial charge in [-0.3, -0.25) is 9.48 Å². The maximum atomic E-state index is 12.8. The summed E-state index contributed by atoms with van der Waals surface area (Å²) in [5.41, 5.74) is 2.14. The van der Waals surface area contributed by atoms with Crippen LogP contribution in [0, 0.1) is 5.92 Å². The van der Waals surface area contributed by atoms with Crippen molar-refractivity contribution in [2.75, 3.05) is 19.6 Å². The lowest BCUT2D eigenvalue weighted by atomic mass is 9.83. The Kier molecular flexibility index (Phi) is 5.50. The number of aryl methyl sites for hydroxylation is 1. The Bertz CT molecular complexity index is 816. The highest BCUT2D eigenvalue weighted by molar-refractivity contribution is 6.33. The topological polar surface area (TPSA) is 50.2 Å². The van der Waals surface area contributed by atoms with Crippen molar-refractivity contribution in [2.45, 2.75) is 38.1 Å². The van der Waals surface area contributed by atoms with E-state index in [2.05, 4.69) is 15.3 Å². The van der Waals surface area contributed by atoms with Gasteiger partial charge in [0.15, 0.2) is 0 Å². The minimum Gasteiger partial charge on any atom is -0.350 e. The average Bonchev–Trinajstić information content (AvgIpc) is 3.08. The first-order chi connectivity index (χ1) is 13.1. The molecule has 2 aliphatic rings. The molecule has 0 saturated carbocycles. The standard InChI is InChI=1S/C21H27ClN4O/c1-25-20(13-18(24-25)16-8-2-3-9-17(16)22)21(27)23-14-15-7-6-12-26-11-5-4-10-19(15)26/h2-3,8-9,13,15,19H,4-7,10-12,14H2,1H3,(H,23,27)/t15-,19+/m0/s1. The van der Waals surface area contributed by atoms with Crippen molar-refractivity contribution < 1.29 is 4.79 Å². The number of amides is 1. The van der Waals surface area contributed by atoms with Gasteiger partial charge in [0.25, 0.3) is 5.91 Å². The third-order valence-electron chi connectivity index (χ3n) is 6.02. The van der Waals surface area contributed by atoms with Gasteiger partial charge in [-0.2, -0.15) is 5.10 Å². The summed E-state index contributed by atoms with van der Waals surface area (Å²) in [6.45, 7) is 3.18. The number of fused-ring (bicyclic) bond motifs is 1. The largest absolute Gasteiger partial charge is 0.350 e.